The highest BCUT2D eigenvalue weighted by Crippen LogP contribution is 2.08. The average molecular weight is 220 g/mol. The second-order valence-corrected chi connectivity index (χ2v) is 4.73. The standard InChI is InChI=1S/C14H24N2/c1-4-12(2)14(15)11-16(3)10-13-8-6-5-7-9-13/h5-9,12,14H,4,10-11,15H2,1-3H3. The largest absolute Gasteiger partial charge is 0.326 e. The zero-order chi connectivity index (χ0) is 12.0. The lowest BCUT2D eigenvalue weighted by Crippen LogP contribution is -2.39. The molecule has 0 aliphatic rings. The van der Waals surface area contributed by atoms with Gasteiger partial charge in [-0.15, -0.1) is 0 Å². The first-order valence-electron chi connectivity index (χ1n) is 6.11. The molecule has 1 aromatic carbocycles. The van der Waals surface area contributed by atoms with Gasteiger partial charge in [-0.3, -0.25) is 0 Å². The van der Waals surface area contributed by atoms with Crippen LogP contribution in [-0.4, -0.2) is 24.5 Å². The average Bonchev–Trinajstić information content (AvgIpc) is 2.29. The third-order valence-electron chi connectivity index (χ3n) is 3.19. The normalized spacial score (nSPS) is 15.1. The number of benzene rings is 1. The predicted molar refractivity (Wildman–Crippen MR) is 70.2 cm³/mol. The summed E-state index contributed by atoms with van der Waals surface area (Å²) in [6.45, 7) is 6.36. The van der Waals surface area contributed by atoms with Gasteiger partial charge in [-0.25, -0.2) is 0 Å². The van der Waals surface area contributed by atoms with E-state index < -0.39 is 0 Å². The Bertz CT molecular complexity index is 284. The van der Waals surface area contributed by atoms with Crippen LogP contribution in [0.4, 0.5) is 0 Å². The maximum absolute atomic E-state index is 6.14. The summed E-state index contributed by atoms with van der Waals surface area (Å²) in [6, 6.07) is 10.8. The van der Waals surface area contributed by atoms with Gasteiger partial charge in [0.25, 0.3) is 0 Å². The maximum atomic E-state index is 6.14. The number of nitrogens with two attached hydrogens (primary N) is 1. The van der Waals surface area contributed by atoms with Gasteiger partial charge in [-0.2, -0.15) is 0 Å². The van der Waals surface area contributed by atoms with E-state index in [1.807, 2.05) is 6.07 Å². The van der Waals surface area contributed by atoms with Gasteiger partial charge in [-0.1, -0.05) is 50.6 Å². The Labute approximate surface area is 99.5 Å². The second kappa shape index (κ2) is 6.66. The number of hydrogen-bond acceptors (Lipinski definition) is 2. The Balaban J connectivity index is 2.39. The summed E-state index contributed by atoms with van der Waals surface area (Å²) in [5.41, 5.74) is 7.49. The molecule has 0 bridgehead atoms. The van der Waals surface area contributed by atoms with Crippen molar-refractivity contribution in [1.82, 2.24) is 4.90 Å². The molecule has 2 unspecified atom stereocenters. The molecule has 2 N–H and O–H groups in total. The molecule has 0 spiro atoms. The molecule has 2 atom stereocenters. The molecule has 0 radical (unpaired) electrons. The highest BCUT2D eigenvalue weighted by Gasteiger charge is 2.12. The van der Waals surface area contributed by atoms with Gasteiger partial charge in [0.1, 0.15) is 0 Å². The van der Waals surface area contributed by atoms with E-state index in [-0.39, 0.29) is 6.04 Å². The second-order valence-electron chi connectivity index (χ2n) is 4.73. The SMILES string of the molecule is CCC(C)C(N)CN(C)Cc1ccccc1. The first-order chi connectivity index (χ1) is 7.63. The van der Waals surface area contributed by atoms with Crippen LogP contribution in [0.1, 0.15) is 25.8 Å². The number of likely N-dealkylation sites (N-methyl/N-ethyl adjacent to an activating group) is 1. The van der Waals surface area contributed by atoms with E-state index in [1.165, 1.54) is 5.56 Å². The first-order valence-corrected chi connectivity index (χ1v) is 6.11. The quantitative estimate of drug-likeness (QED) is 0.798. The zero-order valence-corrected chi connectivity index (χ0v) is 10.7. The van der Waals surface area contributed by atoms with E-state index in [0.29, 0.717) is 5.92 Å². The highest BCUT2D eigenvalue weighted by molar-refractivity contribution is 5.14. The van der Waals surface area contributed by atoms with Crippen LogP contribution in [0.3, 0.4) is 0 Å². The lowest BCUT2D eigenvalue weighted by Gasteiger charge is -2.25. The number of hydrogen-bond donors (Lipinski definition) is 1. The van der Waals surface area contributed by atoms with Crippen molar-refractivity contribution in [2.45, 2.75) is 32.9 Å². The van der Waals surface area contributed by atoms with E-state index in [9.17, 15) is 0 Å². The van der Waals surface area contributed by atoms with Crippen LogP contribution in [0.25, 0.3) is 0 Å². The van der Waals surface area contributed by atoms with Crippen molar-refractivity contribution in [3.05, 3.63) is 35.9 Å². The minimum Gasteiger partial charge on any atom is -0.326 e. The van der Waals surface area contributed by atoms with E-state index in [4.69, 9.17) is 5.73 Å². The molecular formula is C14H24N2. The summed E-state index contributed by atoms with van der Waals surface area (Å²) >= 11 is 0. The fraction of sp³-hybridized carbons (Fsp3) is 0.571. The number of rotatable bonds is 6. The summed E-state index contributed by atoms with van der Waals surface area (Å²) in [5.74, 6) is 0.596. The lowest BCUT2D eigenvalue weighted by molar-refractivity contribution is 0.267. The van der Waals surface area contributed by atoms with E-state index in [1.54, 1.807) is 0 Å². The van der Waals surface area contributed by atoms with Crippen molar-refractivity contribution in [2.75, 3.05) is 13.6 Å². The van der Waals surface area contributed by atoms with Crippen LogP contribution in [-0.2, 0) is 6.54 Å². The predicted octanol–water partition coefficient (Wildman–Crippen LogP) is 2.49. The van der Waals surface area contributed by atoms with Crippen molar-refractivity contribution < 1.29 is 0 Å². The highest BCUT2D eigenvalue weighted by atomic mass is 15.1. The minimum atomic E-state index is 0.277. The molecule has 16 heavy (non-hydrogen) atoms. The molecule has 2 nitrogen and oxygen atoms in total. The molecule has 0 fully saturated rings. The monoisotopic (exact) mass is 220 g/mol. The Kier molecular flexibility index (Phi) is 5.50. The van der Waals surface area contributed by atoms with Crippen LogP contribution in [0.2, 0.25) is 0 Å². The fourth-order valence-electron chi connectivity index (χ4n) is 1.80. The molecule has 0 saturated heterocycles. The molecule has 0 aliphatic heterocycles. The van der Waals surface area contributed by atoms with E-state index in [0.717, 1.165) is 19.5 Å². The van der Waals surface area contributed by atoms with Crippen molar-refractivity contribution in [3.63, 3.8) is 0 Å². The van der Waals surface area contributed by atoms with Gasteiger partial charge >= 0.3 is 0 Å². The summed E-state index contributed by atoms with van der Waals surface area (Å²) in [4.78, 5) is 2.30. The smallest absolute Gasteiger partial charge is 0.0231 e. The van der Waals surface area contributed by atoms with Crippen LogP contribution >= 0.6 is 0 Å². The van der Waals surface area contributed by atoms with Gasteiger partial charge in [0, 0.05) is 19.1 Å². The fourth-order valence-corrected chi connectivity index (χ4v) is 1.80. The van der Waals surface area contributed by atoms with Crippen molar-refractivity contribution in [3.8, 4) is 0 Å². The molecule has 0 aliphatic carbocycles. The third kappa shape index (κ3) is 4.33. The van der Waals surface area contributed by atoms with E-state index in [2.05, 4.69) is 50.1 Å². The Morgan fingerprint density at radius 1 is 1.25 bits per heavy atom. The van der Waals surface area contributed by atoms with Crippen molar-refractivity contribution in [1.29, 1.82) is 0 Å². The van der Waals surface area contributed by atoms with Gasteiger partial charge in [0.05, 0.1) is 0 Å². The molecule has 1 rings (SSSR count). The van der Waals surface area contributed by atoms with Gasteiger partial charge in [-0.05, 0) is 18.5 Å². The molecular weight excluding hydrogens is 196 g/mol. The Hall–Kier alpha value is -0.860. The van der Waals surface area contributed by atoms with Gasteiger partial charge < -0.3 is 10.6 Å². The molecule has 0 amide bonds. The molecule has 0 aromatic heterocycles. The van der Waals surface area contributed by atoms with E-state index >= 15 is 0 Å². The molecule has 90 valence electrons. The van der Waals surface area contributed by atoms with Crippen LogP contribution in [0.5, 0.6) is 0 Å². The lowest BCUT2D eigenvalue weighted by atomic mass is 10.00. The molecule has 2 heteroatoms. The summed E-state index contributed by atoms with van der Waals surface area (Å²) < 4.78 is 0. The minimum absolute atomic E-state index is 0.277. The van der Waals surface area contributed by atoms with Crippen LogP contribution < -0.4 is 5.73 Å². The third-order valence-corrected chi connectivity index (χ3v) is 3.19. The van der Waals surface area contributed by atoms with Gasteiger partial charge in [0.15, 0.2) is 0 Å². The van der Waals surface area contributed by atoms with Crippen LogP contribution in [0.15, 0.2) is 30.3 Å². The summed E-state index contributed by atoms with van der Waals surface area (Å²) in [5, 5.41) is 0. The topological polar surface area (TPSA) is 29.3 Å². The molecule has 0 heterocycles. The first kappa shape index (κ1) is 13.2. The summed E-state index contributed by atoms with van der Waals surface area (Å²) in [6.07, 6.45) is 1.15. The molecule has 0 saturated carbocycles. The van der Waals surface area contributed by atoms with Crippen molar-refractivity contribution >= 4 is 0 Å². The van der Waals surface area contributed by atoms with Crippen molar-refractivity contribution in [2.24, 2.45) is 11.7 Å². The Morgan fingerprint density at radius 2 is 1.88 bits per heavy atom. The van der Waals surface area contributed by atoms with Crippen LogP contribution in [0, 0.1) is 5.92 Å². The Morgan fingerprint density at radius 3 is 2.44 bits per heavy atom. The molecule has 1 aromatic rings. The zero-order valence-electron chi connectivity index (χ0n) is 10.7. The number of nitrogens with zero attached hydrogens (tertiary/aromatic N) is 1. The summed E-state index contributed by atoms with van der Waals surface area (Å²) in [7, 11) is 2.13. The maximum Gasteiger partial charge on any atom is 0.0231 e. The van der Waals surface area contributed by atoms with Gasteiger partial charge in [0.2, 0.25) is 0 Å².